The van der Waals surface area contributed by atoms with Crippen molar-refractivity contribution in [3.8, 4) is 5.75 Å². The lowest BCUT2D eigenvalue weighted by atomic mass is 10.3. The molecule has 2 aromatic rings. The topological polar surface area (TPSA) is 54.2 Å². The second-order valence-electron chi connectivity index (χ2n) is 3.30. The zero-order valence-corrected chi connectivity index (χ0v) is 9.15. The Hall–Kier alpha value is -2.20. The van der Waals surface area contributed by atoms with E-state index in [4.69, 9.17) is 9.84 Å². The largest absolute Gasteiger partial charge is 0.468 e. The van der Waals surface area contributed by atoms with Gasteiger partial charge in [-0.05, 0) is 36.4 Å². The first-order valence-corrected chi connectivity index (χ1v) is 5.19. The van der Waals surface area contributed by atoms with Crippen molar-refractivity contribution in [2.75, 3.05) is 6.79 Å². The number of hydrogen-bond donors (Lipinski definition) is 1. The van der Waals surface area contributed by atoms with Gasteiger partial charge in [-0.25, -0.2) is 0 Å². The summed E-state index contributed by atoms with van der Waals surface area (Å²) < 4.78 is 4.91. The van der Waals surface area contributed by atoms with Crippen molar-refractivity contribution in [1.82, 2.24) is 0 Å². The Kier molecular flexibility index (Phi) is 3.83. The highest BCUT2D eigenvalue weighted by atomic mass is 16.6. The lowest BCUT2D eigenvalue weighted by Crippen LogP contribution is -1.93. The minimum absolute atomic E-state index is 0.328. The number of aliphatic hydroxyl groups is 1. The van der Waals surface area contributed by atoms with Gasteiger partial charge in [0, 0.05) is 0 Å². The molecule has 0 aliphatic rings. The standard InChI is InChI=1S/C13H12N2O2/c16-10-17-13-8-6-12(7-9-13)15-14-11-4-2-1-3-5-11/h1-9,16H,10H2/b15-14+. The second kappa shape index (κ2) is 5.77. The minimum Gasteiger partial charge on any atom is -0.468 e. The summed E-state index contributed by atoms with van der Waals surface area (Å²) in [6, 6.07) is 16.5. The van der Waals surface area contributed by atoms with Crippen molar-refractivity contribution >= 4 is 11.4 Å². The Morgan fingerprint density at radius 2 is 1.41 bits per heavy atom. The third-order valence-electron chi connectivity index (χ3n) is 2.11. The summed E-state index contributed by atoms with van der Waals surface area (Å²) in [5, 5.41) is 16.7. The number of aliphatic hydroxyl groups excluding tert-OH is 1. The zero-order chi connectivity index (χ0) is 11.9. The third-order valence-corrected chi connectivity index (χ3v) is 2.11. The van der Waals surface area contributed by atoms with Crippen LogP contribution in [0, 0.1) is 0 Å². The molecule has 0 fully saturated rings. The molecule has 0 heterocycles. The minimum atomic E-state index is -0.328. The van der Waals surface area contributed by atoms with Crippen LogP contribution in [0.1, 0.15) is 0 Å². The second-order valence-corrected chi connectivity index (χ2v) is 3.30. The number of nitrogens with zero attached hydrogens (tertiary/aromatic N) is 2. The van der Waals surface area contributed by atoms with Gasteiger partial charge in [0.05, 0.1) is 11.4 Å². The highest BCUT2D eigenvalue weighted by Gasteiger charge is 1.93. The van der Waals surface area contributed by atoms with Crippen molar-refractivity contribution in [2.24, 2.45) is 10.2 Å². The van der Waals surface area contributed by atoms with E-state index in [-0.39, 0.29) is 6.79 Å². The van der Waals surface area contributed by atoms with E-state index in [9.17, 15) is 0 Å². The monoisotopic (exact) mass is 228 g/mol. The highest BCUT2D eigenvalue weighted by molar-refractivity contribution is 5.42. The summed E-state index contributed by atoms with van der Waals surface area (Å²) in [5.41, 5.74) is 1.54. The first-order valence-electron chi connectivity index (χ1n) is 5.19. The molecule has 86 valence electrons. The fraction of sp³-hybridized carbons (Fsp3) is 0.0769. The van der Waals surface area contributed by atoms with Gasteiger partial charge in [0.25, 0.3) is 0 Å². The molecule has 1 N–H and O–H groups in total. The summed E-state index contributed by atoms with van der Waals surface area (Å²) in [7, 11) is 0. The molecule has 4 nitrogen and oxygen atoms in total. The summed E-state index contributed by atoms with van der Waals surface area (Å²) >= 11 is 0. The van der Waals surface area contributed by atoms with Crippen LogP contribution < -0.4 is 4.74 Å². The van der Waals surface area contributed by atoms with Crippen LogP contribution >= 0.6 is 0 Å². The summed E-state index contributed by atoms with van der Waals surface area (Å²) in [6.45, 7) is -0.328. The molecule has 0 atom stereocenters. The van der Waals surface area contributed by atoms with Gasteiger partial charge in [-0.1, -0.05) is 18.2 Å². The van der Waals surface area contributed by atoms with Crippen LogP contribution in [0.2, 0.25) is 0 Å². The lowest BCUT2D eigenvalue weighted by molar-refractivity contribution is 0.0985. The SMILES string of the molecule is OCOc1ccc(/N=N/c2ccccc2)cc1. The van der Waals surface area contributed by atoms with Crippen LogP contribution in [-0.2, 0) is 0 Å². The average Bonchev–Trinajstić information content (AvgIpc) is 2.40. The van der Waals surface area contributed by atoms with E-state index in [1.165, 1.54) is 0 Å². The van der Waals surface area contributed by atoms with E-state index >= 15 is 0 Å². The van der Waals surface area contributed by atoms with E-state index in [0.29, 0.717) is 5.75 Å². The normalized spacial score (nSPS) is 10.6. The van der Waals surface area contributed by atoms with Crippen molar-refractivity contribution in [3.63, 3.8) is 0 Å². The molecule has 0 amide bonds. The predicted molar refractivity (Wildman–Crippen MR) is 64.8 cm³/mol. The fourth-order valence-corrected chi connectivity index (χ4v) is 1.29. The molecule has 0 bridgehead atoms. The number of azo groups is 1. The molecule has 2 aromatic carbocycles. The van der Waals surface area contributed by atoms with Crippen LogP contribution in [0.4, 0.5) is 11.4 Å². The van der Waals surface area contributed by atoms with Gasteiger partial charge in [0.15, 0.2) is 6.79 Å². The molecule has 17 heavy (non-hydrogen) atoms. The Morgan fingerprint density at radius 1 is 0.824 bits per heavy atom. The molecule has 0 saturated heterocycles. The van der Waals surface area contributed by atoms with Crippen molar-refractivity contribution in [2.45, 2.75) is 0 Å². The smallest absolute Gasteiger partial charge is 0.186 e. The third kappa shape index (κ3) is 3.39. The maximum Gasteiger partial charge on any atom is 0.186 e. The first kappa shape index (κ1) is 11.3. The molecule has 2 rings (SSSR count). The molecule has 0 radical (unpaired) electrons. The molecule has 0 aliphatic heterocycles. The van der Waals surface area contributed by atoms with Gasteiger partial charge >= 0.3 is 0 Å². The van der Waals surface area contributed by atoms with Gasteiger partial charge < -0.3 is 9.84 Å². The van der Waals surface area contributed by atoms with E-state index in [1.807, 2.05) is 30.3 Å². The Labute approximate surface area is 99.2 Å². The molecular weight excluding hydrogens is 216 g/mol. The van der Waals surface area contributed by atoms with Gasteiger partial charge in [-0.3, -0.25) is 0 Å². The maximum atomic E-state index is 8.58. The molecule has 0 aliphatic carbocycles. The summed E-state index contributed by atoms with van der Waals surface area (Å²) in [5.74, 6) is 0.603. The highest BCUT2D eigenvalue weighted by Crippen LogP contribution is 2.20. The lowest BCUT2D eigenvalue weighted by Gasteiger charge is -2.00. The average molecular weight is 228 g/mol. The number of ether oxygens (including phenoxy) is 1. The predicted octanol–water partition coefficient (Wildman–Crippen LogP) is 3.43. The zero-order valence-electron chi connectivity index (χ0n) is 9.15. The van der Waals surface area contributed by atoms with Crippen LogP contribution in [-0.4, -0.2) is 11.9 Å². The van der Waals surface area contributed by atoms with Gasteiger partial charge in [0.1, 0.15) is 5.75 Å². The number of hydrogen-bond acceptors (Lipinski definition) is 4. The Morgan fingerprint density at radius 3 is 2.00 bits per heavy atom. The molecule has 4 heteroatoms. The first-order chi connectivity index (χ1) is 8.38. The van der Waals surface area contributed by atoms with E-state index in [2.05, 4.69) is 10.2 Å². The van der Waals surface area contributed by atoms with Crippen LogP contribution in [0.15, 0.2) is 64.8 Å². The molecule has 0 unspecified atom stereocenters. The molecular formula is C13H12N2O2. The molecule has 0 saturated carbocycles. The molecule has 0 spiro atoms. The van der Waals surface area contributed by atoms with Crippen LogP contribution in [0.5, 0.6) is 5.75 Å². The van der Waals surface area contributed by atoms with Gasteiger partial charge in [-0.15, -0.1) is 0 Å². The maximum absolute atomic E-state index is 8.58. The van der Waals surface area contributed by atoms with Crippen molar-refractivity contribution in [1.29, 1.82) is 0 Å². The van der Waals surface area contributed by atoms with E-state index < -0.39 is 0 Å². The molecule has 0 aromatic heterocycles. The van der Waals surface area contributed by atoms with Gasteiger partial charge in [-0.2, -0.15) is 10.2 Å². The fourth-order valence-electron chi connectivity index (χ4n) is 1.29. The van der Waals surface area contributed by atoms with Crippen molar-refractivity contribution in [3.05, 3.63) is 54.6 Å². The van der Waals surface area contributed by atoms with Crippen LogP contribution in [0.25, 0.3) is 0 Å². The summed E-state index contributed by atoms with van der Waals surface area (Å²) in [6.07, 6.45) is 0. The van der Waals surface area contributed by atoms with Crippen LogP contribution in [0.3, 0.4) is 0 Å². The van der Waals surface area contributed by atoms with E-state index in [1.54, 1.807) is 24.3 Å². The van der Waals surface area contributed by atoms with Crippen molar-refractivity contribution < 1.29 is 9.84 Å². The number of rotatable bonds is 4. The van der Waals surface area contributed by atoms with E-state index in [0.717, 1.165) is 11.4 Å². The van der Waals surface area contributed by atoms with Gasteiger partial charge in [0.2, 0.25) is 0 Å². The quantitative estimate of drug-likeness (QED) is 0.643. The Bertz CT molecular complexity index is 481. The number of benzene rings is 2. The summed E-state index contributed by atoms with van der Waals surface area (Å²) in [4.78, 5) is 0. The Balaban J connectivity index is 2.06.